The first-order valence-corrected chi connectivity index (χ1v) is 5.67. The number of β-amino-alcohol motifs (C(OH)–C–C–N with tert-alkyl or cyclic N) is 1. The van der Waals surface area contributed by atoms with Crippen LogP contribution in [0.25, 0.3) is 0 Å². The number of aliphatic hydroxyl groups excluding tert-OH is 1. The smallest absolute Gasteiger partial charge is 0.305 e. The molecule has 0 spiro atoms. The minimum Gasteiger partial charge on any atom is -0.481 e. The van der Waals surface area contributed by atoms with Crippen LogP contribution in [0.4, 0.5) is 0 Å². The van der Waals surface area contributed by atoms with Crippen LogP contribution in [-0.2, 0) is 9.59 Å². The van der Waals surface area contributed by atoms with Crippen molar-refractivity contribution in [2.24, 2.45) is 0 Å². The lowest BCUT2D eigenvalue weighted by Crippen LogP contribution is -2.32. The molecule has 1 fully saturated rings. The molecule has 0 aliphatic carbocycles. The lowest BCUT2D eigenvalue weighted by atomic mass is 10.0. The summed E-state index contributed by atoms with van der Waals surface area (Å²) in [5, 5.41) is 18.4. The van der Waals surface area contributed by atoms with Gasteiger partial charge >= 0.3 is 5.97 Å². The first kappa shape index (κ1) is 12.5. The number of rotatable bonds is 4. The topological polar surface area (TPSA) is 90.7 Å². The van der Waals surface area contributed by atoms with E-state index in [1.54, 1.807) is 24.5 Å². The third-order valence-electron chi connectivity index (χ3n) is 2.95. The summed E-state index contributed by atoms with van der Waals surface area (Å²) in [5.74, 6) is -1.21. The van der Waals surface area contributed by atoms with E-state index in [0.717, 1.165) is 0 Å². The molecule has 0 aromatic carbocycles. The Morgan fingerprint density at radius 3 is 2.89 bits per heavy atom. The van der Waals surface area contributed by atoms with Crippen LogP contribution in [0.3, 0.4) is 0 Å². The molecule has 0 bridgehead atoms. The Bertz CT molecular complexity index is 449. The van der Waals surface area contributed by atoms with Crippen molar-refractivity contribution in [3.63, 3.8) is 0 Å². The molecule has 6 heteroatoms. The highest BCUT2D eigenvalue weighted by molar-refractivity contribution is 5.80. The molecule has 1 aliphatic rings. The summed E-state index contributed by atoms with van der Waals surface area (Å²) in [5.41, 5.74) is 0.669. The third-order valence-corrected chi connectivity index (χ3v) is 2.95. The molecule has 2 atom stereocenters. The first-order chi connectivity index (χ1) is 8.58. The van der Waals surface area contributed by atoms with Crippen molar-refractivity contribution in [2.75, 3.05) is 6.54 Å². The van der Waals surface area contributed by atoms with Gasteiger partial charge in [0.15, 0.2) is 0 Å². The highest BCUT2D eigenvalue weighted by Gasteiger charge is 2.35. The standard InChI is InChI=1S/C12H14N2O4/c15-9-4-11(16)14(7-9)10(5-12(17)18)8-2-1-3-13-6-8/h1-3,6,9-10,15H,4-5,7H2,(H,17,18). The van der Waals surface area contributed by atoms with E-state index in [4.69, 9.17) is 5.11 Å². The second-order valence-electron chi connectivity index (χ2n) is 4.30. The fourth-order valence-corrected chi connectivity index (χ4v) is 2.16. The van der Waals surface area contributed by atoms with Gasteiger partial charge in [-0.25, -0.2) is 0 Å². The predicted molar refractivity (Wildman–Crippen MR) is 61.6 cm³/mol. The largest absolute Gasteiger partial charge is 0.481 e. The molecule has 1 aromatic heterocycles. The van der Waals surface area contributed by atoms with Crippen molar-refractivity contribution < 1.29 is 19.8 Å². The minimum atomic E-state index is -0.988. The second kappa shape index (κ2) is 5.14. The number of carboxylic acids is 1. The molecule has 0 radical (unpaired) electrons. The van der Waals surface area contributed by atoms with Gasteiger partial charge in [-0.3, -0.25) is 14.6 Å². The van der Waals surface area contributed by atoms with Gasteiger partial charge in [0.25, 0.3) is 0 Å². The fraction of sp³-hybridized carbons (Fsp3) is 0.417. The van der Waals surface area contributed by atoms with Crippen molar-refractivity contribution in [3.8, 4) is 0 Å². The number of hydrogen-bond donors (Lipinski definition) is 2. The number of aliphatic hydroxyl groups is 1. The van der Waals surface area contributed by atoms with Crippen LogP contribution in [0, 0.1) is 0 Å². The van der Waals surface area contributed by atoms with Gasteiger partial charge in [-0.05, 0) is 11.6 Å². The van der Waals surface area contributed by atoms with Gasteiger partial charge in [-0.1, -0.05) is 6.07 Å². The van der Waals surface area contributed by atoms with E-state index < -0.39 is 18.1 Å². The van der Waals surface area contributed by atoms with Crippen LogP contribution in [0.5, 0.6) is 0 Å². The zero-order valence-electron chi connectivity index (χ0n) is 9.69. The summed E-state index contributed by atoms with van der Waals surface area (Å²) in [6.07, 6.45) is 2.28. The van der Waals surface area contributed by atoms with E-state index in [0.29, 0.717) is 5.56 Å². The van der Waals surface area contributed by atoms with E-state index in [2.05, 4.69) is 4.98 Å². The predicted octanol–water partition coefficient (Wildman–Crippen LogP) is 0.191. The molecule has 1 saturated heterocycles. The molecule has 1 aliphatic heterocycles. The summed E-state index contributed by atoms with van der Waals surface area (Å²) in [6, 6.07) is 2.86. The van der Waals surface area contributed by atoms with E-state index >= 15 is 0 Å². The number of pyridine rings is 1. The maximum Gasteiger partial charge on any atom is 0.305 e. The summed E-state index contributed by atoms with van der Waals surface area (Å²) in [6.45, 7) is 0.172. The number of amides is 1. The van der Waals surface area contributed by atoms with Crippen LogP contribution < -0.4 is 0 Å². The van der Waals surface area contributed by atoms with Gasteiger partial charge in [-0.2, -0.15) is 0 Å². The van der Waals surface area contributed by atoms with E-state index in [9.17, 15) is 14.7 Å². The Morgan fingerprint density at radius 1 is 1.61 bits per heavy atom. The maximum absolute atomic E-state index is 11.7. The molecule has 2 rings (SSSR count). The van der Waals surface area contributed by atoms with Crippen molar-refractivity contribution >= 4 is 11.9 Å². The quantitative estimate of drug-likeness (QED) is 0.796. The van der Waals surface area contributed by atoms with E-state index in [1.165, 1.54) is 4.90 Å². The molecule has 1 aromatic rings. The monoisotopic (exact) mass is 250 g/mol. The maximum atomic E-state index is 11.7. The van der Waals surface area contributed by atoms with Crippen molar-refractivity contribution in [1.82, 2.24) is 9.88 Å². The summed E-state index contributed by atoms with van der Waals surface area (Å²) < 4.78 is 0. The minimum absolute atomic E-state index is 0.0520. The van der Waals surface area contributed by atoms with Crippen molar-refractivity contribution in [1.29, 1.82) is 0 Å². The SMILES string of the molecule is O=C(O)CC(c1cccnc1)N1CC(O)CC1=O. The molecule has 2 unspecified atom stereocenters. The van der Waals surface area contributed by atoms with Gasteiger partial charge < -0.3 is 15.1 Å². The van der Waals surface area contributed by atoms with Gasteiger partial charge in [0, 0.05) is 18.9 Å². The zero-order valence-corrected chi connectivity index (χ0v) is 9.69. The Balaban J connectivity index is 2.26. The Kier molecular flexibility index (Phi) is 3.57. The number of nitrogens with zero attached hydrogens (tertiary/aromatic N) is 2. The molecule has 2 N–H and O–H groups in total. The number of carbonyl (C=O) groups is 2. The lowest BCUT2D eigenvalue weighted by Gasteiger charge is -2.26. The third kappa shape index (κ3) is 2.65. The Hall–Kier alpha value is -1.95. The summed E-state index contributed by atoms with van der Waals surface area (Å²) in [7, 11) is 0. The van der Waals surface area contributed by atoms with Gasteiger partial charge in [0.2, 0.25) is 5.91 Å². The molecule has 2 heterocycles. The van der Waals surface area contributed by atoms with Gasteiger partial charge in [-0.15, -0.1) is 0 Å². The Labute approximate surface area is 104 Å². The second-order valence-corrected chi connectivity index (χ2v) is 4.30. The summed E-state index contributed by atoms with van der Waals surface area (Å²) >= 11 is 0. The Morgan fingerprint density at radius 2 is 2.39 bits per heavy atom. The highest BCUT2D eigenvalue weighted by Crippen LogP contribution is 2.28. The van der Waals surface area contributed by atoms with Gasteiger partial charge in [0.1, 0.15) is 0 Å². The first-order valence-electron chi connectivity index (χ1n) is 5.67. The van der Waals surface area contributed by atoms with Crippen molar-refractivity contribution in [3.05, 3.63) is 30.1 Å². The number of aliphatic carboxylic acids is 1. The van der Waals surface area contributed by atoms with E-state index in [-0.39, 0.29) is 25.3 Å². The lowest BCUT2D eigenvalue weighted by molar-refractivity contribution is -0.139. The molecular formula is C12H14N2O4. The zero-order chi connectivity index (χ0) is 13.1. The number of carboxylic acid groups (broad SMARTS) is 1. The fourth-order valence-electron chi connectivity index (χ4n) is 2.16. The van der Waals surface area contributed by atoms with Crippen LogP contribution in [-0.4, -0.2) is 44.6 Å². The van der Waals surface area contributed by atoms with E-state index in [1.807, 2.05) is 0 Å². The molecule has 6 nitrogen and oxygen atoms in total. The van der Waals surface area contributed by atoms with Crippen LogP contribution in [0.2, 0.25) is 0 Å². The number of likely N-dealkylation sites (tertiary alicyclic amines) is 1. The average molecular weight is 250 g/mol. The van der Waals surface area contributed by atoms with Crippen LogP contribution >= 0.6 is 0 Å². The number of aromatic nitrogens is 1. The molecular weight excluding hydrogens is 236 g/mol. The summed E-state index contributed by atoms with van der Waals surface area (Å²) in [4.78, 5) is 28.0. The normalized spacial score (nSPS) is 21.1. The van der Waals surface area contributed by atoms with Crippen molar-refractivity contribution in [2.45, 2.75) is 25.0 Å². The molecule has 0 saturated carbocycles. The van der Waals surface area contributed by atoms with Crippen LogP contribution in [0.1, 0.15) is 24.4 Å². The average Bonchev–Trinajstić information content (AvgIpc) is 2.66. The number of carbonyl (C=O) groups excluding carboxylic acids is 1. The van der Waals surface area contributed by atoms with Gasteiger partial charge in [0.05, 0.1) is 25.0 Å². The molecule has 18 heavy (non-hydrogen) atoms. The molecule has 1 amide bonds. The van der Waals surface area contributed by atoms with Crippen LogP contribution in [0.15, 0.2) is 24.5 Å². The number of hydrogen-bond acceptors (Lipinski definition) is 4. The molecule has 96 valence electrons. The highest BCUT2D eigenvalue weighted by atomic mass is 16.4.